The third-order valence-corrected chi connectivity index (χ3v) is 6.16. The highest BCUT2D eigenvalue weighted by molar-refractivity contribution is 7.89. The molecule has 1 saturated heterocycles. The molecule has 0 saturated carbocycles. The Morgan fingerprint density at radius 1 is 1.25 bits per heavy atom. The SMILES string of the molecule is CCN(CC)S(=O)(=O)c1ccc(C(=O)NC2CCCNC2)cc1.Cl. The number of hydrogen-bond donors (Lipinski definition) is 2. The molecule has 0 spiro atoms. The van der Waals surface area contributed by atoms with Gasteiger partial charge in [0.25, 0.3) is 5.91 Å². The molecular formula is C16H26ClN3O3S. The molecule has 8 heteroatoms. The molecular weight excluding hydrogens is 350 g/mol. The number of hydrogen-bond acceptors (Lipinski definition) is 4. The Bertz CT molecular complexity index is 624. The maximum Gasteiger partial charge on any atom is 0.251 e. The monoisotopic (exact) mass is 375 g/mol. The van der Waals surface area contributed by atoms with Gasteiger partial charge in [0.2, 0.25) is 10.0 Å². The zero-order chi connectivity index (χ0) is 16.9. The van der Waals surface area contributed by atoms with Crippen molar-refractivity contribution in [3.63, 3.8) is 0 Å². The van der Waals surface area contributed by atoms with E-state index in [1.165, 1.54) is 16.4 Å². The van der Waals surface area contributed by atoms with E-state index in [1.54, 1.807) is 26.0 Å². The van der Waals surface area contributed by atoms with Crippen molar-refractivity contribution < 1.29 is 13.2 Å². The van der Waals surface area contributed by atoms with Crippen molar-refractivity contribution in [3.8, 4) is 0 Å². The van der Waals surface area contributed by atoms with Crippen LogP contribution in [0.1, 0.15) is 37.0 Å². The van der Waals surface area contributed by atoms with Crippen molar-refractivity contribution in [3.05, 3.63) is 29.8 Å². The van der Waals surface area contributed by atoms with E-state index in [4.69, 9.17) is 0 Å². The molecule has 2 N–H and O–H groups in total. The van der Waals surface area contributed by atoms with Crippen LogP contribution in [0.4, 0.5) is 0 Å². The smallest absolute Gasteiger partial charge is 0.251 e. The van der Waals surface area contributed by atoms with Gasteiger partial charge in [-0.15, -0.1) is 12.4 Å². The predicted octanol–water partition coefficient (Wildman–Crippen LogP) is 1.62. The van der Waals surface area contributed by atoms with Crippen LogP contribution in [0.5, 0.6) is 0 Å². The molecule has 1 aromatic carbocycles. The number of carbonyl (C=O) groups is 1. The molecule has 6 nitrogen and oxygen atoms in total. The quantitative estimate of drug-likeness (QED) is 0.792. The number of amides is 1. The van der Waals surface area contributed by atoms with Crippen LogP contribution < -0.4 is 10.6 Å². The van der Waals surface area contributed by atoms with Gasteiger partial charge in [-0.2, -0.15) is 4.31 Å². The first-order valence-corrected chi connectivity index (χ1v) is 9.54. The third kappa shape index (κ3) is 4.92. The first kappa shape index (κ1) is 20.9. The first-order valence-electron chi connectivity index (χ1n) is 8.10. The molecule has 0 aromatic heterocycles. The Morgan fingerprint density at radius 3 is 2.38 bits per heavy atom. The molecule has 1 atom stereocenters. The van der Waals surface area contributed by atoms with Gasteiger partial charge in [-0.25, -0.2) is 8.42 Å². The highest BCUT2D eigenvalue weighted by Gasteiger charge is 2.22. The van der Waals surface area contributed by atoms with E-state index in [0.29, 0.717) is 18.7 Å². The lowest BCUT2D eigenvalue weighted by atomic mass is 10.1. The lowest BCUT2D eigenvalue weighted by Crippen LogP contribution is -2.45. The fourth-order valence-electron chi connectivity index (χ4n) is 2.73. The number of benzene rings is 1. The van der Waals surface area contributed by atoms with Gasteiger partial charge in [0, 0.05) is 31.2 Å². The zero-order valence-electron chi connectivity index (χ0n) is 14.1. The molecule has 0 radical (unpaired) electrons. The average molecular weight is 376 g/mol. The van der Waals surface area contributed by atoms with Gasteiger partial charge >= 0.3 is 0 Å². The largest absolute Gasteiger partial charge is 0.348 e. The van der Waals surface area contributed by atoms with Crippen molar-refractivity contribution in [2.45, 2.75) is 37.6 Å². The van der Waals surface area contributed by atoms with E-state index in [9.17, 15) is 13.2 Å². The molecule has 2 rings (SSSR count). The summed E-state index contributed by atoms with van der Waals surface area (Å²) in [7, 11) is -3.48. The van der Waals surface area contributed by atoms with Crippen LogP contribution in [-0.4, -0.2) is 50.9 Å². The van der Waals surface area contributed by atoms with E-state index in [2.05, 4.69) is 10.6 Å². The summed E-state index contributed by atoms with van der Waals surface area (Å²) in [6, 6.07) is 6.28. The summed E-state index contributed by atoms with van der Waals surface area (Å²) in [5.74, 6) is -0.162. The number of rotatable bonds is 6. The summed E-state index contributed by atoms with van der Waals surface area (Å²) in [6.45, 7) is 6.23. The standard InChI is InChI=1S/C16H25N3O3S.ClH/c1-3-19(4-2)23(21,22)15-9-7-13(8-10-15)16(20)18-14-6-5-11-17-12-14;/h7-10,14,17H,3-6,11-12H2,1-2H3,(H,18,20);1H. The predicted molar refractivity (Wildman–Crippen MR) is 97.2 cm³/mol. The van der Waals surface area contributed by atoms with Crippen LogP contribution in [0, 0.1) is 0 Å². The summed E-state index contributed by atoms with van der Waals surface area (Å²) in [5.41, 5.74) is 0.481. The van der Waals surface area contributed by atoms with Crippen LogP contribution in [0.25, 0.3) is 0 Å². The molecule has 1 aromatic rings. The summed E-state index contributed by atoms with van der Waals surface area (Å²) < 4.78 is 26.2. The van der Waals surface area contributed by atoms with Gasteiger partial charge in [0.15, 0.2) is 0 Å². The lowest BCUT2D eigenvalue weighted by Gasteiger charge is -2.23. The lowest BCUT2D eigenvalue weighted by molar-refractivity contribution is 0.0930. The first-order chi connectivity index (χ1) is 11.0. The van der Waals surface area contributed by atoms with E-state index in [1.807, 2.05) is 0 Å². The molecule has 136 valence electrons. The number of nitrogens with one attached hydrogen (secondary N) is 2. The number of halogens is 1. The van der Waals surface area contributed by atoms with Crippen LogP contribution in [0.2, 0.25) is 0 Å². The zero-order valence-corrected chi connectivity index (χ0v) is 15.8. The third-order valence-electron chi connectivity index (χ3n) is 4.09. The van der Waals surface area contributed by atoms with Gasteiger partial charge in [-0.3, -0.25) is 4.79 Å². The van der Waals surface area contributed by atoms with Crippen molar-refractivity contribution in [2.75, 3.05) is 26.2 Å². The fraction of sp³-hybridized carbons (Fsp3) is 0.562. The van der Waals surface area contributed by atoms with Crippen molar-refractivity contribution in [2.24, 2.45) is 0 Å². The topological polar surface area (TPSA) is 78.5 Å². The van der Waals surface area contributed by atoms with Gasteiger partial charge in [-0.1, -0.05) is 13.8 Å². The van der Waals surface area contributed by atoms with Gasteiger partial charge in [-0.05, 0) is 43.7 Å². The highest BCUT2D eigenvalue weighted by atomic mass is 35.5. The molecule has 0 aliphatic carbocycles. The minimum absolute atomic E-state index is 0. The molecule has 1 fully saturated rings. The number of sulfonamides is 1. The Morgan fingerprint density at radius 2 is 1.88 bits per heavy atom. The maximum atomic E-state index is 12.4. The minimum atomic E-state index is -3.48. The van der Waals surface area contributed by atoms with Crippen molar-refractivity contribution in [1.29, 1.82) is 0 Å². The van der Waals surface area contributed by atoms with Crippen LogP contribution in [0.3, 0.4) is 0 Å². The number of nitrogens with zero attached hydrogens (tertiary/aromatic N) is 1. The Balaban J connectivity index is 0.00000288. The molecule has 24 heavy (non-hydrogen) atoms. The Hall–Kier alpha value is -1.15. The Kier molecular flexibility index (Phi) is 8.15. The van der Waals surface area contributed by atoms with Crippen molar-refractivity contribution in [1.82, 2.24) is 14.9 Å². The molecule has 1 aliphatic heterocycles. The van der Waals surface area contributed by atoms with Crippen LogP contribution >= 0.6 is 12.4 Å². The second kappa shape index (κ2) is 9.36. The second-order valence-corrected chi connectivity index (χ2v) is 7.57. The maximum absolute atomic E-state index is 12.4. The summed E-state index contributed by atoms with van der Waals surface area (Å²) in [6.07, 6.45) is 2.01. The van der Waals surface area contributed by atoms with Gasteiger partial charge in [0.05, 0.1) is 4.90 Å². The van der Waals surface area contributed by atoms with E-state index < -0.39 is 10.0 Å². The van der Waals surface area contributed by atoms with E-state index in [-0.39, 0.29) is 29.3 Å². The summed E-state index contributed by atoms with van der Waals surface area (Å²) >= 11 is 0. The van der Waals surface area contributed by atoms with Crippen LogP contribution in [0.15, 0.2) is 29.2 Å². The average Bonchev–Trinajstić information content (AvgIpc) is 2.56. The molecule has 1 unspecified atom stereocenters. The van der Waals surface area contributed by atoms with Crippen LogP contribution in [-0.2, 0) is 10.0 Å². The molecule has 0 bridgehead atoms. The van der Waals surface area contributed by atoms with Gasteiger partial charge in [0.1, 0.15) is 0 Å². The number of carbonyl (C=O) groups excluding carboxylic acids is 1. The summed E-state index contributed by atoms with van der Waals surface area (Å²) in [5, 5.41) is 6.22. The fourth-order valence-corrected chi connectivity index (χ4v) is 4.19. The minimum Gasteiger partial charge on any atom is -0.348 e. The molecule has 1 amide bonds. The number of piperidine rings is 1. The Labute approximate surface area is 150 Å². The van der Waals surface area contributed by atoms with E-state index >= 15 is 0 Å². The highest BCUT2D eigenvalue weighted by Crippen LogP contribution is 2.16. The second-order valence-electron chi connectivity index (χ2n) is 5.63. The molecule has 1 aliphatic rings. The summed E-state index contributed by atoms with van der Waals surface area (Å²) in [4.78, 5) is 12.4. The van der Waals surface area contributed by atoms with Crippen molar-refractivity contribution >= 4 is 28.3 Å². The normalized spacial score (nSPS) is 18.0. The van der Waals surface area contributed by atoms with Gasteiger partial charge < -0.3 is 10.6 Å². The van der Waals surface area contributed by atoms with E-state index in [0.717, 1.165) is 25.9 Å². The molecule has 1 heterocycles.